The molecule has 9 nitrogen and oxygen atoms in total. The molecule has 1 saturated carbocycles. The molecule has 8 rings (SSSR count). The molecule has 50 heavy (non-hydrogen) atoms. The van der Waals surface area contributed by atoms with E-state index in [0.29, 0.717) is 72.1 Å². The first-order chi connectivity index (χ1) is 24.0. The minimum absolute atomic E-state index is 0.0471. The third kappa shape index (κ3) is 6.32. The largest absolute Gasteiger partial charge is 0.461 e. The van der Waals surface area contributed by atoms with Gasteiger partial charge in [0.1, 0.15) is 35.4 Å². The maximum absolute atomic E-state index is 17.0. The van der Waals surface area contributed by atoms with Gasteiger partial charge < -0.3 is 19.3 Å². The number of fused-ring (bicyclic) bond motifs is 3. The Kier molecular flexibility index (Phi) is 8.49. The van der Waals surface area contributed by atoms with Crippen molar-refractivity contribution >= 4 is 45.2 Å². The van der Waals surface area contributed by atoms with E-state index >= 15 is 4.39 Å². The lowest BCUT2D eigenvalue weighted by atomic mass is 9.95. The number of halogens is 3. The fourth-order valence-electron chi connectivity index (χ4n) is 8.11. The van der Waals surface area contributed by atoms with E-state index in [4.69, 9.17) is 36.0 Å². The van der Waals surface area contributed by atoms with Crippen molar-refractivity contribution in [3.63, 3.8) is 0 Å². The van der Waals surface area contributed by atoms with E-state index in [2.05, 4.69) is 9.80 Å². The van der Waals surface area contributed by atoms with E-state index in [1.54, 1.807) is 17.2 Å². The zero-order valence-electron chi connectivity index (χ0n) is 28.8. The number of carbonyl (C=O) groups is 1. The number of likely N-dealkylation sites (tertiary alicyclic amines) is 1. The highest BCUT2D eigenvalue weighted by Crippen LogP contribution is 2.42. The summed E-state index contributed by atoms with van der Waals surface area (Å²) in [5, 5.41) is 2.55. The Bertz CT molecular complexity index is 1950. The Morgan fingerprint density at radius 2 is 1.90 bits per heavy atom. The van der Waals surface area contributed by atoms with E-state index in [1.165, 1.54) is 0 Å². The lowest BCUT2D eigenvalue weighted by molar-refractivity contribution is 0.0292. The van der Waals surface area contributed by atoms with Gasteiger partial charge in [0.15, 0.2) is 5.82 Å². The first-order valence-electron chi connectivity index (χ1n) is 17.8. The Hall–Kier alpha value is -3.83. The smallest absolute Gasteiger partial charge is 0.410 e. The SMILES string of the molecule is CC(C)(C)OC(=O)N1CC[C@@H](N(CC2CC2)c2nc(OC[C@@]34CCCN3C[C@H](F)C4)nc3c(F)c(-c4cccc5cccc(Cl)c45)ncc23)C1. The third-order valence-corrected chi connectivity index (χ3v) is 11.0. The van der Waals surface area contributed by atoms with Crippen LogP contribution in [0.25, 0.3) is 32.9 Å². The normalized spacial score (nSPS) is 23.9. The molecule has 0 N–H and O–H groups in total. The second kappa shape index (κ2) is 12.7. The quantitative estimate of drug-likeness (QED) is 0.184. The number of benzene rings is 2. The van der Waals surface area contributed by atoms with Crippen LogP contribution in [0.3, 0.4) is 0 Å². The van der Waals surface area contributed by atoms with Gasteiger partial charge in [0.2, 0.25) is 0 Å². The van der Waals surface area contributed by atoms with E-state index < -0.39 is 23.1 Å². The number of pyridine rings is 1. The first kappa shape index (κ1) is 33.3. The van der Waals surface area contributed by atoms with E-state index in [0.717, 1.165) is 37.6 Å². The molecule has 3 saturated heterocycles. The number of alkyl halides is 1. The predicted molar refractivity (Wildman–Crippen MR) is 190 cm³/mol. The molecule has 3 atom stereocenters. The third-order valence-electron chi connectivity index (χ3n) is 10.7. The van der Waals surface area contributed by atoms with E-state index in [9.17, 15) is 9.18 Å². The summed E-state index contributed by atoms with van der Waals surface area (Å²) in [6, 6.07) is 11.2. The van der Waals surface area contributed by atoms with Gasteiger partial charge in [0.05, 0.1) is 10.9 Å². The predicted octanol–water partition coefficient (Wildman–Crippen LogP) is 7.82. The zero-order valence-corrected chi connectivity index (χ0v) is 29.6. The fraction of sp³-hybridized carbons (Fsp3) is 0.526. The van der Waals surface area contributed by atoms with Gasteiger partial charge in [-0.1, -0.05) is 41.9 Å². The van der Waals surface area contributed by atoms with Gasteiger partial charge in [-0.15, -0.1) is 0 Å². The molecule has 4 aromatic rings. The van der Waals surface area contributed by atoms with Crippen molar-refractivity contribution in [2.45, 2.75) is 82.6 Å². The minimum atomic E-state index is -0.908. The van der Waals surface area contributed by atoms with Crippen LogP contribution in [-0.2, 0) is 4.74 Å². The molecule has 264 valence electrons. The Balaban J connectivity index is 1.22. The van der Waals surface area contributed by atoms with Crippen molar-refractivity contribution in [3.05, 3.63) is 53.4 Å². The van der Waals surface area contributed by atoms with Crippen LogP contribution < -0.4 is 9.64 Å². The molecule has 3 aliphatic heterocycles. The number of carbonyl (C=O) groups excluding carboxylic acids is 1. The van der Waals surface area contributed by atoms with Crippen LogP contribution in [0.2, 0.25) is 5.02 Å². The molecule has 0 radical (unpaired) electrons. The summed E-state index contributed by atoms with van der Waals surface area (Å²) in [6.07, 6.45) is 5.47. The van der Waals surface area contributed by atoms with Crippen LogP contribution >= 0.6 is 11.6 Å². The number of aromatic nitrogens is 3. The molecule has 1 aliphatic carbocycles. The standard InChI is InChI=1S/C38H43ClF2N6O3/c1-37(2,3)50-36(48)45-16-13-26(21-45)47(19-23-11-12-23)34-28-18-42-32(27-9-4-7-24-8-5-10-29(39)30(24)27)31(41)33(28)43-35(44-34)49-22-38-14-6-15-46(38)20-25(40)17-38/h4-5,7-10,18,23,25-26H,6,11-17,19-22H2,1-3H3/t25-,26-,38+/m1/s1. The molecule has 4 aliphatic rings. The second-order valence-corrected chi connectivity index (χ2v) is 15.9. The fourth-order valence-corrected chi connectivity index (χ4v) is 8.39. The van der Waals surface area contributed by atoms with Gasteiger partial charge in [-0.3, -0.25) is 9.88 Å². The molecule has 0 spiro atoms. The molecule has 0 unspecified atom stereocenters. The minimum Gasteiger partial charge on any atom is -0.461 e. The monoisotopic (exact) mass is 704 g/mol. The van der Waals surface area contributed by atoms with E-state index in [1.807, 2.05) is 51.1 Å². The lowest BCUT2D eigenvalue weighted by Crippen LogP contribution is -2.44. The average molecular weight is 705 g/mol. The number of nitrogens with zero attached hydrogens (tertiary/aromatic N) is 6. The highest BCUT2D eigenvalue weighted by Gasteiger charge is 2.49. The van der Waals surface area contributed by atoms with Gasteiger partial charge in [-0.05, 0) is 76.8 Å². The molecule has 5 heterocycles. The maximum atomic E-state index is 17.0. The van der Waals surface area contributed by atoms with Crippen molar-refractivity contribution in [2.75, 3.05) is 44.2 Å². The van der Waals surface area contributed by atoms with Gasteiger partial charge in [-0.25, -0.2) is 13.6 Å². The number of ether oxygens (including phenoxy) is 2. The van der Waals surface area contributed by atoms with Gasteiger partial charge in [0, 0.05) is 60.8 Å². The van der Waals surface area contributed by atoms with Crippen molar-refractivity contribution in [3.8, 4) is 17.3 Å². The summed E-state index contributed by atoms with van der Waals surface area (Å²) in [4.78, 5) is 33.5. The van der Waals surface area contributed by atoms with Crippen molar-refractivity contribution < 1.29 is 23.0 Å². The number of amides is 1. The molecular formula is C38H43ClF2N6O3. The van der Waals surface area contributed by atoms with Crippen LogP contribution in [0.1, 0.15) is 59.3 Å². The topological polar surface area (TPSA) is 83.9 Å². The van der Waals surface area contributed by atoms with Gasteiger partial charge in [-0.2, -0.15) is 9.97 Å². The molecule has 0 bridgehead atoms. The molecule has 12 heteroatoms. The second-order valence-electron chi connectivity index (χ2n) is 15.5. The molecule has 4 fully saturated rings. The first-order valence-corrected chi connectivity index (χ1v) is 18.2. The lowest BCUT2D eigenvalue weighted by Gasteiger charge is -2.33. The summed E-state index contributed by atoms with van der Waals surface area (Å²) in [7, 11) is 0. The summed E-state index contributed by atoms with van der Waals surface area (Å²) in [6.45, 7) is 8.70. The number of hydrogen-bond acceptors (Lipinski definition) is 8. The Morgan fingerprint density at radius 1 is 1.10 bits per heavy atom. The van der Waals surface area contributed by atoms with Gasteiger partial charge in [0.25, 0.3) is 0 Å². The number of anilines is 1. The van der Waals surface area contributed by atoms with Crippen LogP contribution in [0, 0.1) is 11.7 Å². The zero-order chi connectivity index (χ0) is 34.8. The Labute approximate surface area is 295 Å². The highest BCUT2D eigenvalue weighted by molar-refractivity contribution is 6.36. The van der Waals surface area contributed by atoms with Crippen molar-refractivity contribution in [1.82, 2.24) is 24.8 Å². The van der Waals surface area contributed by atoms with Crippen LogP contribution in [-0.4, -0.2) is 93.5 Å². The summed E-state index contributed by atoms with van der Waals surface area (Å²) >= 11 is 6.66. The number of hydrogen-bond donors (Lipinski definition) is 0. The van der Waals surface area contributed by atoms with Crippen molar-refractivity contribution in [1.29, 1.82) is 0 Å². The Morgan fingerprint density at radius 3 is 2.68 bits per heavy atom. The average Bonchev–Trinajstić information content (AvgIpc) is 3.46. The highest BCUT2D eigenvalue weighted by atomic mass is 35.5. The van der Waals surface area contributed by atoms with Crippen LogP contribution in [0.4, 0.5) is 19.4 Å². The molecular weight excluding hydrogens is 662 g/mol. The van der Waals surface area contributed by atoms with Crippen LogP contribution in [0.15, 0.2) is 42.6 Å². The van der Waals surface area contributed by atoms with Gasteiger partial charge >= 0.3 is 12.1 Å². The molecule has 1 amide bonds. The summed E-state index contributed by atoms with van der Waals surface area (Å²) in [5.41, 5.74) is -0.240. The van der Waals surface area contributed by atoms with E-state index in [-0.39, 0.29) is 36.0 Å². The van der Waals surface area contributed by atoms with Crippen molar-refractivity contribution in [2.24, 2.45) is 5.92 Å². The summed E-state index contributed by atoms with van der Waals surface area (Å²) in [5.74, 6) is 0.389. The summed E-state index contributed by atoms with van der Waals surface area (Å²) < 4.78 is 43.7. The number of rotatable bonds is 8. The van der Waals surface area contributed by atoms with Crippen LogP contribution in [0.5, 0.6) is 6.01 Å². The maximum Gasteiger partial charge on any atom is 0.410 e. The molecule has 2 aromatic heterocycles. The molecule has 2 aromatic carbocycles.